The van der Waals surface area contributed by atoms with Crippen LogP contribution in [0.25, 0.3) is 6.08 Å². The monoisotopic (exact) mass is 402 g/mol. The van der Waals surface area contributed by atoms with E-state index in [-0.39, 0.29) is 16.8 Å². The van der Waals surface area contributed by atoms with Crippen LogP contribution in [0, 0.1) is 25.6 Å². The summed E-state index contributed by atoms with van der Waals surface area (Å²) in [6.45, 7) is 5.85. The van der Waals surface area contributed by atoms with Crippen molar-refractivity contribution in [1.29, 1.82) is 0 Å². The van der Waals surface area contributed by atoms with Crippen LogP contribution in [0.1, 0.15) is 26.3 Å². The highest BCUT2D eigenvalue weighted by atomic mass is 35.5. The largest absolute Gasteiger partial charge is 0.301 e. The average Bonchev–Trinajstić information content (AvgIpc) is 2.61. The molecule has 0 spiro atoms. The predicted octanol–water partition coefficient (Wildman–Crippen LogP) is 5.68. The molecule has 1 N–H and O–H groups in total. The molecule has 0 atom stereocenters. The molecule has 0 aliphatic heterocycles. The molecular weight excluding hydrogens is 384 g/mol. The van der Waals surface area contributed by atoms with E-state index in [4.69, 9.17) is 11.6 Å². The van der Waals surface area contributed by atoms with E-state index in [1.165, 1.54) is 12.1 Å². The van der Waals surface area contributed by atoms with E-state index in [1.807, 2.05) is 39.0 Å². The zero-order valence-electron chi connectivity index (χ0n) is 15.5. The number of nitro groups is 2. The Labute approximate surface area is 166 Å². The van der Waals surface area contributed by atoms with Crippen LogP contribution in [0.15, 0.2) is 53.6 Å². The minimum Gasteiger partial charge on any atom is -0.271 e. The maximum Gasteiger partial charge on any atom is 0.301 e. The Bertz CT molecular complexity index is 947. The number of hydrogen-bond donors (Lipinski definition) is 1. The second kappa shape index (κ2) is 8.62. The number of non-ortho nitro benzene ring substituents is 1. The molecule has 0 aliphatic carbocycles. The molecule has 0 saturated carbocycles. The van der Waals surface area contributed by atoms with Crippen molar-refractivity contribution in [3.8, 4) is 0 Å². The number of halogens is 1. The van der Waals surface area contributed by atoms with Crippen LogP contribution in [-0.2, 0) is 0 Å². The van der Waals surface area contributed by atoms with Gasteiger partial charge in [0.25, 0.3) is 5.69 Å². The number of benzene rings is 2. The smallest absolute Gasteiger partial charge is 0.271 e. The lowest BCUT2D eigenvalue weighted by molar-refractivity contribution is -0.393. The van der Waals surface area contributed by atoms with Gasteiger partial charge in [-0.1, -0.05) is 50.6 Å². The molecule has 0 heterocycles. The summed E-state index contributed by atoms with van der Waals surface area (Å²) in [7, 11) is 0. The summed E-state index contributed by atoms with van der Waals surface area (Å²) >= 11 is 5.88. The van der Waals surface area contributed by atoms with Gasteiger partial charge < -0.3 is 0 Å². The zero-order chi connectivity index (χ0) is 20.9. The molecule has 2 aromatic carbocycles. The van der Waals surface area contributed by atoms with Gasteiger partial charge in [-0.2, -0.15) is 5.10 Å². The highest BCUT2D eigenvalue weighted by Crippen LogP contribution is 2.29. The Morgan fingerprint density at radius 1 is 1.07 bits per heavy atom. The van der Waals surface area contributed by atoms with Gasteiger partial charge in [0.05, 0.1) is 21.6 Å². The lowest BCUT2D eigenvalue weighted by Gasteiger charge is -2.19. The van der Waals surface area contributed by atoms with Crippen molar-refractivity contribution in [2.24, 2.45) is 10.5 Å². The van der Waals surface area contributed by atoms with Crippen LogP contribution in [0.3, 0.4) is 0 Å². The van der Waals surface area contributed by atoms with Gasteiger partial charge in [-0.25, -0.2) is 0 Å². The summed E-state index contributed by atoms with van der Waals surface area (Å²) in [6, 6.07) is 10.6. The number of nitrogens with one attached hydrogen (secondary N) is 1. The first kappa shape index (κ1) is 21.0. The summed E-state index contributed by atoms with van der Waals surface area (Å²) < 4.78 is 0. The molecule has 0 aromatic heterocycles. The van der Waals surface area contributed by atoms with Crippen molar-refractivity contribution >= 4 is 40.5 Å². The van der Waals surface area contributed by atoms with E-state index < -0.39 is 15.5 Å². The molecule has 0 aliphatic rings. The standard InChI is InChI=1S/C19H19ClN4O4/c1-19(2,3)18(11-6-13-4-7-14(20)8-5-13)22-21-16-10-9-15(23(25)26)12-17(16)24(27)28/h4-12,21H,1-3H3. The van der Waals surface area contributed by atoms with Crippen LogP contribution in [-0.4, -0.2) is 15.6 Å². The van der Waals surface area contributed by atoms with Crippen molar-refractivity contribution in [1.82, 2.24) is 0 Å². The van der Waals surface area contributed by atoms with E-state index in [9.17, 15) is 20.2 Å². The number of nitrogens with zero attached hydrogens (tertiary/aromatic N) is 3. The van der Waals surface area contributed by atoms with E-state index in [0.717, 1.165) is 11.6 Å². The third-order valence-corrected chi connectivity index (χ3v) is 4.01. The Kier molecular flexibility index (Phi) is 6.48. The van der Waals surface area contributed by atoms with E-state index in [1.54, 1.807) is 18.2 Å². The number of rotatable bonds is 6. The van der Waals surface area contributed by atoms with Crippen molar-refractivity contribution < 1.29 is 9.85 Å². The fourth-order valence-electron chi connectivity index (χ4n) is 2.20. The third-order valence-electron chi connectivity index (χ3n) is 3.76. The van der Waals surface area contributed by atoms with E-state index in [2.05, 4.69) is 10.5 Å². The Balaban J connectivity index is 2.34. The molecule has 0 radical (unpaired) electrons. The maximum absolute atomic E-state index is 11.2. The molecule has 9 heteroatoms. The summed E-state index contributed by atoms with van der Waals surface area (Å²) in [5.41, 5.74) is 3.14. The number of anilines is 1. The first-order chi connectivity index (χ1) is 13.1. The lowest BCUT2D eigenvalue weighted by atomic mass is 9.89. The Morgan fingerprint density at radius 2 is 1.71 bits per heavy atom. The molecule has 0 bridgehead atoms. The number of nitro benzene ring substituents is 2. The first-order valence-electron chi connectivity index (χ1n) is 8.28. The van der Waals surface area contributed by atoms with E-state index >= 15 is 0 Å². The van der Waals surface area contributed by atoms with Crippen LogP contribution < -0.4 is 5.43 Å². The quantitative estimate of drug-likeness (QED) is 0.379. The topological polar surface area (TPSA) is 111 Å². The lowest BCUT2D eigenvalue weighted by Crippen LogP contribution is -2.19. The minimum absolute atomic E-state index is 0.0669. The van der Waals surface area contributed by atoms with Crippen LogP contribution in [0.4, 0.5) is 17.1 Å². The highest BCUT2D eigenvalue weighted by molar-refractivity contribution is 6.30. The van der Waals surface area contributed by atoms with Crippen LogP contribution in [0.2, 0.25) is 5.02 Å². The van der Waals surface area contributed by atoms with Crippen molar-refractivity contribution in [2.75, 3.05) is 5.43 Å². The van der Waals surface area contributed by atoms with Gasteiger partial charge in [-0.15, -0.1) is 0 Å². The molecule has 2 rings (SSSR count). The second-order valence-corrected chi connectivity index (χ2v) is 7.40. The molecule has 28 heavy (non-hydrogen) atoms. The van der Waals surface area contributed by atoms with Gasteiger partial charge in [-0.3, -0.25) is 25.7 Å². The van der Waals surface area contributed by atoms with Gasteiger partial charge in [0.2, 0.25) is 0 Å². The Hall–Kier alpha value is -3.26. The van der Waals surface area contributed by atoms with Gasteiger partial charge in [0.1, 0.15) is 5.69 Å². The molecule has 8 nitrogen and oxygen atoms in total. The third kappa shape index (κ3) is 5.62. The Morgan fingerprint density at radius 3 is 2.25 bits per heavy atom. The molecule has 0 unspecified atom stereocenters. The van der Waals surface area contributed by atoms with E-state index in [0.29, 0.717) is 10.7 Å². The molecule has 0 saturated heterocycles. The van der Waals surface area contributed by atoms with Crippen molar-refractivity contribution in [3.63, 3.8) is 0 Å². The van der Waals surface area contributed by atoms with Gasteiger partial charge in [0.15, 0.2) is 0 Å². The fraction of sp³-hybridized carbons (Fsp3) is 0.211. The number of allylic oxidation sites excluding steroid dienone is 1. The van der Waals surface area contributed by atoms with Crippen LogP contribution >= 0.6 is 11.6 Å². The summed E-state index contributed by atoms with van der Waals surface area (Å²) in [5.74, 6) is 0. The number of hydrogen-bond acceptors (Lipinski definition) is 6. The van der Waals surface area contributed by atoms with Crippen molar-refractivity contribution in [2.45, 2.75) is 20.8 Å². The second-order valence-electron chi connectivity index (χ2n) is 6.96. The predicted molar refractivity (Wildman–Crippen MR) is 111 cm³/mol. The normalized spacial score (nSPS) is 12.2. The average molecular weight is 403 g/mol. The first-order valence-corrected chi connectivity index (χ1v) is 8.66. The fourth-order valence-corrected chi connectivity index (χ4v) is 2.33. The molecule has 0 amide bonds. The van der Waals surface area contributed by atoms with Crippen LogP contribution in [0.5, 0.6) is 0 Å². The molecule has 146 valence electrons. The van der Waals surface area contributed by atoms with Gasteiger partial charge in [0, 0.05) is 16.5 Å². The number of hydrazone groups is 1. The van der Waals surface area contributed by atoms with Crippen molar-refractivity contribution in [3.05, 3.63) is 79.4 Å². The molecule has 2 aromatic rings. The van der Waals surface area contributed by atoms with Gasteiger partial charge >= 0.3 is 5.69 Å². The molecular formula is C19H19ClN4O4. The van der Waals surface area contributed by atoms with Gasteiger partial charge in [-0.05, 0) is 29.8 Å². The maximum atomic E-state index is 11.2. The molecule has 0 fully saturated rings. The SMILES string of the molecule is CC(C)(C)C(C=Cc1ccc(Cl)cc1)=NNc1ccc([N+](=O)[O-])cc1[N+](=O)[O-]. The minimum atomic E-state index is -0.689. The summed E-state index contributed by atoms with van der Waals surface area (Å²) in [4.78, 5) is 20.7. The summed E-state index contributed by atoms with van der Waals surface area (Å²) in [5, 5.41) is 27.0. The zero-order valence-corrected chi connectivity index (χ0v) is 16.3. The summed E-state index contributed by atoms with van der Waals surface area (Å²) in [6.07, 6.45) is 3.65. The highest BCUT2D eigenvalue weighted by Gasteiger charge is 2.21.